The first kappa shape index (κ1) is 14.4. The Bertz CT molecular complexity index is 292. The van der Waals surface area contributed by atoms with Crippen LogP contribution in [0, 0.1) is 0 Å². The van der Waals surface area contributed by atoms with Gasteiger partial charge in [0, 0.05) is 0 Å². The number of aliphatic carboxylic acids is 1. The van der Waals surface area contributed by atoms with Crippen molar-refractivity contribution < 1.29 is 19.5 Å². The summed E-state index contributed by atoms with van der Waals surface area (Å²) in [5, 5.41) is 22.0. The fourth-order valence-corrected chi connectivity index (χ4v) is 0.863. The molecule has 0 fully saturated rings. The van der Waals surface area contributed by atoms with Gasteiger partial charge in [0.1, 0.15) is 17.7 Å². The maximum Gasteiger partial charge on any atom is 0.320 e. The second-order valence-electron chi connectivity index (χ2n) is 3.21. The number of carboxylic acids is 1. The zero-order chi connectivity index (χ0) is 12.6. The average molecular weight is 233 g/mol. The van der Waals surface area contributed by atoms with Crippen molar-refractivity contribution in [3.63, 3.8) is 0 Å². The summed E-state index contributed by atoms with van der Waals surface area (Å²) in [7, 11) is 0. The molecule has 0 heterocycles. The molecule has 0 rings (SSSR count). The molecule has 5 N–H and O–H groups in total. The molecule has 0 saturated carbocycles. The molecule has 16 heavy (non-hydrogen) atoms. The van der Waals surface area contributed by atoms with Crippen molar-refractivity contribution in [2.75, 3.05) is 6.54 Å². The molecule has 1 atom stereocenters. The van der Waals surface area contributed by atoms with Crippen LogP contribution in [-0.4, -0.2) is 34.7 Å². The van der Waals surface area contributed by atoms with Gasteiger partial charge in [-0.1, -0.05) is 11.2 Å². The number of carbonyl (C=O) groups is 1. The van der Waals surface area contributed by atoms with E-state index < -0.39 is 17.8 Å². The lowest BCUT2D eigenvalue weighted by Crippen LogP contribution is -2.29. The van der Waals surface area contributed by atoms with Gasteiger partial charge in [0.25, 0.3) is 0 Å². The summed E-state index contributed by atoms with van der Waals surface area (Å²) < 4.78 is 13.0. The third-order valence-corrected chi connectivity index (χ3v) is 1.82. The first-order valence-corrected chi connectivity index (χ1v) is 4.72. The molecule has 0 spiro atoms. The quantitative estimate of drug-likeness (QED) is 0.230. The highest BCUT2D eigenvalue weighted by Crippen LogP contribution is 2.02. The molecule has 6 nitrogen and oxygen atoms in total. The molecule has 0 aromatic rings. The van der Waals surface area contributed by atoms with Gasteiger partial charge < -0.3 is 21.4 Å². The predicted molar refractivity (Wildman–Crippen MR) is 56.9 cm³/mol. The smallest absolute Gasteiger partial charge is 0.320 e. The highest BCUT2D eigenvalue weighted by molar-refractivity contribution is 5.78. The van der Waals surface area contributed by atoms with Crippen molar-refractivity contribution in [3.05, 3.63) is 11.9 Å². The van der Waals surface area contributed by atoms with E-state index in [2.05, 4.69) is 10.5 Å². The van der Waals surface area contributed by atoms with Gasteiger partial charge in [-0.15, -0.1) is 0 Å². The number of halogens is 1. The summed E-state index contributed by atoms with van der Waals surface area (Å²) in [6, 6.07) is -0.974. The number of carboxylic acid groups (broad SMARTS) is 1. The Balaban J connectivity index is 3.83. The zero-order valence-corrected chi connectivity index (χ0v) is 8.98. The standard InChI is InChI=1S/C9H16FN3O3/c1-6(13-16)12-5-7(10)3-2-4-8(11)9(14)15/h3,8,16H,2,4-5,11H2,1H3,(H,12,13)(H,14,15)/t8-/m0/s1. The van der Waals surface area contributed by atoms with Gasteiger partial charge in [-0.2, -0.15) is 0 Å². The highest BCUT2D eigenvalue weighted by atomic mass is 19.1. The molecule has 0 unspecified atom stereocenters. The summed E-state index contributed by atoms with van der Waals surface area (Å²) in [6.45, 7) is 1.38. The third-order valence-electron chi connectivity index (χ3n) is 1.82. The van der Waals surface area contributed by atoms with Crippen LogP contribution in [-0.2, 0) is 4.79 Å². The van der Waals surface area contributed by atoms with Crippen molar-refractivity contribution in [3.8, 4) is 0 Å². The summed E-state index contributed by atoms with van der Waals surface area (Å²) >= 11 is 0. The van der Waals surface area contributed by atoms with E-state index in [0.29, 0.717) is 0 Å². The number of nitrogens with one attached hydrogen (secondary N) is 1. The van der Waals surface area contributed by atoms with Crippen LogP contribution in [0.15, 0.2) is 17.1 Å². The normalized spacial score (nSPS) is 14.7. The van der Waals surface area contributed by atoms with Crippen molar-refractivity contribution in [2.45, 2.75) is 25.8 Å². The summed E-state index contributed by atoms with van der Waals surface area (Å²) in [5.41, 5.74) is 5.23. The van der Waals surface area contributed by atoms with Gasteiger partial charge in [0.15, 0.2) is 0 Å². The second kappa shape index (κ2) is 7.63. The van der Waals surface area contributed by atoms with E-state index in [4.69, 9.17) is 16.0 Å². The second-order valence-corrected chi connectivity index (χ2v) is 3.21. The lowest BCUT2D eigenvalue weighted by Gasteiger charge is -2.04. The monoisotopic (exact) mass is 233 g/mol. The fraction of sp³-hybridized carbons (Fsp3) is 0.556. The van der Waals surface area contributed by atoms with Crippen molar-refractivity contribution in [1.29, 1.82) is 0 Å². The Morgan fingerprint density at radius 2 is 2.31 bits per heavy atom. The number of nitrogens with zero attached hydrogens (tertiary/aromatic N) is 1. The molecule has 0 aliphatic carbocycles. The van der Waals surface area contributed by atoms with Gasteiger partial charge in [-0.3, -0.25) is 4.79 Å². The zero-order valence-electron chi connectivity index (χ0n) is 8.98. The minimum atomic E-state index is -1.10. The lowest BCUT2D eigenvalue weighted by molar-refractivity contribution is -0.138. The summed E-state index contributed by atoms with van der Waals surface area (Å²) in [6.07, 6.45) is 1.67. The average Bonchev–Trinajstić information content (AvgIpc) is 2.25. The van der Waals surface area contributed by atoms with Crippen LogP contribution in [0.4, 0.5) is 4.39 Å². The molecular formula is C9H16FN3O3. The van der Waals surface area contributed by atoms with E-state index in [9.17, 15) is 9.18 Å². The minimum Gasteiger partial charge on any atom is -0.480 e. The van der Waals surface area contributed by atoms with E-state index in [-0.39, 0.29) is 25.2 Å². The lowest BCUT2D eigenvalue weighted by atomic mass is 10.1. The van der Waals surface area contributed by atoms with E-state index >= 15 is 0 Å². The van der Waals surface area contributed by atoms with E-state index in [0.717, 1.165) is 0 Å². The molecule has 7 heteroatoms. The van der Waals surface area contributed by atoms with E-state index in [1.54, 1.807) is 0 Å². The van der Waals surface area contributed by atoms with E-state index in [1.807, 2.05) is 0 Å². The number of rotatable bonds is 6. The molecule has 0 aliphatic heterocycles. The van der Waals surface area contributed by atoms with Crippen molar-refractivity contribution in [1.82, 2.24) is 5.32 Å². The van der Waals surface area contributed by atoms with Gasteiger partial charge in [0.05, 0.1) is 6.54 Å². The van der Waals surface area contributed by atoms with Gasteiger partial charge in [-0.25, -0.2) is 4.39 Å². The number of hydrogen-bond acceptors (Lipinski definition) is 4. The Labute approximate surface area is 92.6 Å². The summed E-state index contributed by atoms with van der Waals surface area (Å²) in [4.78, 5) is 10.3. The van der Waals surface area contributed by atoms with Crippen LogP contribution in [0.5, 0.6) is 0 Å². The van der Waals surface area contributed by atoms with Crippen LogP contribution >= 0.6 is 0 Å². The molecule has 0 saturated heterocycles. The first-order chi connectivity index (χ1) is 7.47. The molecule has 0 radical (unpaired) electrons. The number of hydrogen-bond donors (Lipinski definition) is 4. The number of oxime groups is 1. The van der Waals surface area contributed by atoms with Crippen LogP contribution in [0.25, 0.3) is 0 Å². The molecular weight excluding hydrogens is 217 g/mol. The van der Waals surface area contributed by atoms with Gasteiger partial charge in [-0.05, 0) is 19.8 Å². The number of amidine groups is 1. The minimum absolute atomic E-state index is 0.0990. The van der Waals surface area contributed by atoms with E-state index in [1.165, 1.54) is 13.0 Å². The Hall–Kier alpha value is -1.63. The number of allylic oxidation sites excluding steroid dienone is 1. The van der Waals surface area contributed by atoms with Gasteiger partial charge >= 0.3 is 5.97 Å². The van der Waals surface area contributed by atoms with Crippen LogP contribution in [0.1, 0.15) is 19.8 Å². The first-order valence-electron chi connectivity index (χ1n) is 4.72. The van der Waals surface area contributed by atoms with Crippen LogP contribution < -0.4 is 11.1 Å². The fourth-order valence-electron chi connectivity index (χ4n) is 0.863. The molecule has 0 bridgehead atoms. The molecule has 0 aromatic carbocycles. The Morgan fingerprint density at radius 3 is 2.81 bits per heavy atom. The Morgan fingerprint density at radius 1 is 1.69 bits per heavy atom. The van der Waals surface area contributed by atoms with Crippen molar-refractivity contribution >= 4 is 11.8 Å². The number of nitrogens with two attached hydrogens (primary N) is 1. The highest BCUT2D eigenvalue weighted by Gasteiger charge is 2.09. The molecule has 92 valence electrons. The molecule has 0 aliphatic rings. The maximum atomic E-state index is 13.0. The predicted octanol–water partition coefficient (Wildman–Crippen LogP) is 0.429. The SMILES string of the molecule is CC(=NO)NCC(F)=CCC[C@H](N)C(=O)O. The Kier molecular flexibility index (Phi) is 6.86. The third kappa shape index (κ3) is 6.77. The molecule has 0 amide bonds. The summed E-state index contributed by atoms with van der Waals surface area (Å²) in [5.74, 6) is -1.36. The topological polar surface area (TPSA) is 108 Å². The van der Waals surface area contributed by atoms with Crippen molar-refractivity contribution in [2.24, 2.45) is 10.9 Å². The molecule has 0 aromatic heterocycles. The van der Waals surface area contributed by atoms with Crippen LogP contribution in [0.2, 0.25) is 0 Å². The van der Waals surface area contributed by atoms with Gasteiger partial charge in [0.2, 0.25) is 0 Å². The van der Waals surface area contributed by atoms with Crippen LogP contribution in [0.3, 0.4) is 0 Å². The largest absolute Gasteiger partial charge is 0.480 e. The maximum absolute atomic E-state index is 13.0.